The van der Waals surface area contributed by atoms with Crippen molar-refractivity contribution in [3.8, 4) is 11.3 Å². The van der Waals surface area contributed by atoms with Crippen LogP contribution in [-0.4, -0.2) is 9.38 Å². The van der Waals surface area contributed by atoms with E-state index in [2.05, 4.69) is 37.0 Å². The van der Waals surface area contributed by atoms with Crippen LogP contribution in [0, 0.1) is 13.8 Å². The van der Waals surface area contributed by atoms with Crippen molar-refractivity contribution >= 4 is 22.9 Å². The number of hydrogen-bond donors (Lipinski definition) is 1. The summed E-state index contributed by atoms with van der Waals surface area (Å²) in [6.07, 6.45) is 3.76. The highest BCUT2D eigenvalue weighted by molar-refractivity contribution is 6.33. The molecule has 2 heterocycles. The number of aromatic nitrogens is 2. The Kier molecular flexibility index (Phi) is 2.72. The van der Waals surface area contributed by atoms with Crippen LogP contribution in [0.1, 0.15) is 11.1 Å². The van der Waals surface area contributed by atoms with Crippen LogP contribution in [0.15, 0.2) is 36.7 Å². The normalized spacial score (nSPS) is 11.1. The Morgan fingerprint density at radius 2 is 1.95 bits per heavy atom. The number of anilines is 1. The predicted molar refractivity (Wildman–Crippen MR) is 79.5 cm³/mol. The maximum Gasteiger partial charge on any atom is 0.139 e. The number of halogens is 1. The number of nitrogen functional groups attached to an aromatic ring is 1. The maximum atomic E-state index is 6.02. The highest BCUT2D eigenvalue weighted by Gasteiger charge is 2.08. The monoisotopic (exact) mass is 271 g/mol. The van der Waals surface area contributed by atoms with Crippen molar-refractivity contribution in [2.75, 3.05) is 5.73 Å². The molecule has 0 aliphatic rings. The van der Waals surface area contributed by atoms with Gasteiger partial charge in [-0.25, -0.2) is 4.98 Å². The van der Waals surface area contributed by atoms with E-state index in [1.54, 1.807) is 12.3 Å². The third-order valence-corrected chi connectivity index (χ3v) is 3.56. The number of hydrogen-bond acceptors (Lipinski definition) is 2. The fraction of sp³-hybridized carbons (Fsp3) is 0.133. The van der Waals surface area contributed by atoms with Gasteiger partial charge in [-0.1, -0.05) is 35.4 Å². The molecule has 0 saturated heterocycles. The summed E-state index contributed by atoms with van der Waals surface area (Å²) in [7, 11) is 0. The molecule has 0 bridgehead atoms. The number of fused-ring (bicyclic) bond motifs is 1. The van der Waals surface area contributed by atoms with E-state index in [1.165, 1.54) is 11.1 Å². The molecule has 1 aromatic carbocycles. The molecule has 0 radical (unpaired) electrons. The van der Waals surface area contributed by atoms with E-state index in [-0.39, 0.29) is 0 Å². The van der Waals surface area contributed by atoms with Crippen LogP contribution < -0.4 is 5.73 Å². The molecular weight excluding hydrogens is 258 g/mol. The van der Waals surface area contributed by atoms with Gasteiger partial charge in [-0.05, 0) is 19.4 Å². The molecule has 0 saturated carbocycles. The van der Waals surface area contributed by atoms with Gasteiger partial charge in [0.15, 0.2) is 0 Å². The van der Waals surface area contributed by atoms with Gasteiger partial charge in [-0.3, -0.25) is 0 Å². The highest BCUT2D eigenvalue weighted by Crippen LogP contribution is 2.26. The van der Waals surface area contributed by atoms with E-state index in [1.807, 2.05) is 10.6 Å². The standard InChI is InChI=1S/C15H14ClN3/c1-9-3-4-11(10(2)5-9)14-8-19-7-13(17)12(16)6-15(19)18-14/h3-8H,17H2,1-2H3. The third kappa shape index (κ3) is 2.06. The quantitative estimate of drug-likeness (QED) is 0.730. The zero-order chi connectivity index (χ0) is 13.6. The molecule has 0 unspecified atom stereocenters. The van der Waals surface area contributed by atoms with Gasteiger partial charge in [-0.15, -0.1) is 0 Å². The zero-order valence-corrected chi connectivity index (χ0v) is 11.6. The average Bonchev–Trinajstić information content (AvgIpc) is 2.72. The first-order valence-electron chi connectivity index (χ1n) is 6.06. The Morgan fingerprint density at radius 3 is 2.68 bits per heavy atom. The molecule has 0 aliphatic heterocycles. The second-order valence-corrected chi connectivity index (χ2v) is 5.19. The molecule has 3 rings (SSSR count). The van der Waals surface area contributed by atoms with Crippen molar-refractivity contribution < 1.29 is 0 Å². The van der Waals surface area contributed by atoms with Crippen molar-refractivity contribution in [3.05, 3.63) is 52.8 Å². The molecule has 0 amide bonds. The minimum absolute atomic E-state index is 0.533. The molecule has 3 nitrogen and oxygen atoms in total. The number of pyridine rings is 1. The summed E-state index contributed by atoms with van der Waals surface area (Å²) in [5, 5.41) is 0.533. The summed E-state index contributed by atoms with van der Waals surface area (Å²) in [4.78, 5) is 4.60. The molecular formula is C15H14ClN3. The lowest BCUT2D eigenvalue weighted by Gasteiger charge is -2.02. The molecule has 0 aliphatic carbocycles. The summed E-state index contributed by atoms with van der Waals surface area (Å²) in [6, 6.07) is 8.12. The first kappa shape index (κ1) is 12.1. The highest BCUT2D eigenvalue weighted by atomic mass is 35.5. The molecule has 0 atom stereocenters. The van der Waals surface area contributed by atoms with Crippen molar-refractivity contribution in [3.63, 3.8) is 0 Å². The van der Waals surface area contributed by atoms with E-state index >= 15 is 0 Å². The fourth-order valence-electron chi connectivity index (χ4n) is 2.26. The molecule has 4 heteroatoms. The first-order chi connectivity index (χ1) is 9.04. The van der Waals surface area contributed by atoms with Crippen LogP contribution in [-0.2, 0) is 0 Å². The lowest BCUT2D eigenvalue weighted by Crippen LogP contribution is -1.90. The van der Waals surface area contributed by atoms with E-state index in [0.29, 0.717) is 10.7 Å². The molecule has 0 spiro atoms. The largest absolute Gasteiger partial charge is 0.396 e. The Labute approximate surface area is 116 Å². The lowest BCUT2D eigenvalue weighted by molar-refractivity contribution is 1.19. The minimum atomic E-state index is 0.533. The number of imidazole rings is 1. The van der Waals surface area contributed by atoms with Crippen molar-refractivity contribution in [1.82, 2.24) is 9.38 Å². The Morgan fingerprint density at radius 1 is 1.16 bits per heavy atom. The molecule has 2 aromatic heterocycles. The van der Waals surface area contributed by atoms with E-state index in [9.17, 15) is 0 Å². The lowest BCUT2D eigenvalue weighted by atomic mass is 10.0. The Balaban J connectivity index is 2.20. The van der Waals surface area contributed by atoms with E-state index in [4.69, 9.17) is 17.3 Å². The van der Waals surface area contributed by atoms with Crippen LogP contribution in [0.25, 0.3) is 16.9 Å². The van der Waals surface area contributed by atoms with Gasteiger partial charge in [0.05, 0.1) is 16.4 Å². The summed E-state index contributed by atoms with van der Waals surface area (Å²) in [6.45, 7) is 4.18. The van der Waals surface area contributed by atoms with Crippen molar-refractivity contribution in [1.29, 1.82) is 0 Å². The second kappa shape index (κ2) is 4.28. The van der Waals surface area contributed by atoms with Crippen LogP contribution in [0.4, 0.5) is 5.69 Å². The van der Waals surface area contributed by atoms with Crippen molar-refractivity contribution in [2.45, 2.75) is 13.8 Å². The molecule has 3 aromatic rings. The second-order valence-electron chi connectivity index (χ2n) is 4.79. The molecule has 0 fully saturated rings. The summed E-state index contributed by atoms with van der Waals surface area (Å²) >= 11 is 6.02. The third-order valence-electron chi connectivity index (χ3n) is 3.23. The van der Waals surface area contributed by atoms with Crippen LogP contribution in [0.5, 0.6) is 0 Å². The van der Waals surface area contributed by atoms with E-state index < -0.39 is 0 Å². The Bertz CT molecular complexity index is 735. The number of benzene rings is 1. The first-order valence-corrected chi connectivity index (χ1v) is 6.44. The van der Waals surface area contributed by atoms with Gasteiger partial charge in [0.1, 0.15) is 5.65 Å². The topological polar surface area (TPSA) is 43.3 Å². The van der Waals surface area contributed by atoms with Crippen LogP contribution >= 0.6 is 11.6 Å². The number of aryl methyl sites for hydroxylation is 2. The number of nitrogens with zero attached hydrogens (tertiary/aromatic N) is 2. The zero-order valence-electron chi connectivity index (χ0n) is 10.8. The van der Waals surface area contributed by atoms with Crippen LogP contribution in [0.2, 0.25) is 5.02 Å². The minimum Gasteiger partial charge on any atom is -0.396 e. The van der Waals surface area contributed by atoms with Gasteiger partial charge in [-0.2, -0.15) is 0 Å². The SMILES string of the molecule is Cc1ccc(-c2cn3cc(N)c(Cl)cc3n2)c(C)c1. The molecule has 2 N–H and O–H groups in total. The number of rotatable bonds is 1. The predicted octanol–water partition coefficient (Wildman–Crippen LogP) is 3.85. The van der Waals surface area contributed by atoms with Crippen molar-refractivity contribution in [2.24, 2.45) is 0 Å². The van der Waals surface area contributed by atoms with Gasteiger partial charge in [0.2, 0.25) is 0 Å². The van der Waals surface area contributed by atoms with Gasteiger partial charge in [0.25, 0.3) is 0 Å². The smallest absolute Gasteiger partial charge is 0.139 e. The fourth-order valence-corrected chi connectivity index (χ4v) is 2.40. The summed E-state index contributed by atoms with van der Waals surface area (Å²) < 4.78 is 1.90. The van der Waals surface area contributed by atoms with Gasteiger partial charge < -0.3 is 10.1 Å². The number of nitrogens with two attached hydrogens (primary N) is 1. The molecule has 96 valence electrons. The van der Waals surface area contributed by atoms with Gasteiger partial charge >= 0.3 is 0 Å². The van der Waals surface area contributed by atoms with E-state index in [0.717, 1.165) is 16.9 Å². The summed E-state index contributed by atoms with van der Waals surface area (Å²) in [5.74, 6) is 0. The maximum absolute atomic E-state index is 6.02. The van der Waals surface area contributed by atoms with Gasteiger partial charge in [0, 0.05) is 24.0 Å². The molecule has 19 heavy (non-hydrogen) atoms. The average molecular weight is 272 g/mol. The Hall–Kier alpha value is -2.00. The summed E-state index contributed by atoms with van der Waals surface area (Å²) in [5.41, 5.74) is 11.7. The van der Waals surface area contributed by atoms with Crippen LogP contribution in [0.3, 0.4) is 0 Å².